The van der Waals surface area contributed by atoms with E-state index in [1.807, 2.05) is 25.1 Å². The Morgan fingerprint density at radius 1 is 1.35 bits per heavy atom. The minimum absolute atomic E-state index is 0.0710. The first-order chi connectivity index (χ1) is 12.6. The Morgan fingerprint density at radius 2 is 2.19 bits per heavy atom. The van der Waals surface area contributed by atoms with Gasteiger partial charge >= 0.3 is 5.82 Å². The molecule has 0 aliphatic carbocycles. The van der Waals surface area contributed by atoms with Crippen molar-refractivity contribution in [1.82, 2.24) is 9.97 Å². The summed E-state index contributed by atoms with van der Waals surface area (Å²) in [5, 5.41) is 13.9. The second kappa shape index (κ2) is 7.74. The van der Waals surface area contributed by atoms with Crippen LogP contribution in [0.3, 0.4) is 0 Å². The van der Waals surface area contributed by atoms with Gasteiger partial charge in [0.05, 0.1) is 16.8 Å². The smallest absolute Gasteiger partial charge is 0.406 e. The normalized spacial score (nSPS) is 10.5. The van der Waals surface area contributed by atoms with Gasteiger partial charge in [-0.25, -0.2) is 4.98 Å². The SMILES string of the molecule is CCOc1ccc2nc(NC(=O)COc3cccnc3[N+](=O)[O-])sc2c1. The van der Waals surface area contributed by atoms with Gasteiger partial charge in [0.25, 0.3) is 5.91 Å². The molecule has 0 radical (unpaired) electrons. The van der Waals surface area contributed by atoms with E-state index < -0.39 is 23.3 Å². The molecular weight excluding hydrogens is 360 g/mol. The molecule has 0 saturated heterocycles. The number of nitro groups is 1. The van der Waals surface area contributed by atoms with Crippen LogP contribution in [0.4, 0.5) is 10.9 Å². The number of amides is 1. The zero-order valence-corrected chi connectivity index (χ0v) is 14.5. The minimum atomic E-state index is -0.670. The fourth-order valence-electron chi connectivity index (χ4n) is 2.15. The molecule has 1 amide bonds. The number of ether oxygens (including phenoxy) is 2. The van der Waals surface area contributed by atoms with E-state index in [4.69, 9.17) is 9.47 Å². The molecular formula is C16H14N4O5S. The van der Waals surface area contributed by atoms with E-state index in [2.05, 4.69) is 15.3 Å². The number of thiazole rings is 1. The highest BCUT2D eigenvalue weighted by Gasteiger charge is 2.17. The van der Waals surface area contributed by atoms with Crippen molar-refractivity contribution in [2.75, 3.05) is 18.5 Å². The molecule has 0 unspecified atom stereocenters. The highest BCUT2D eigenvalue weighted by atomic mass is 32.1. The summed E-state index contributed by atoms with van der Waals surface area (Å²) in [4.78, 5) is 30.2. The summed E-state index contributed by atoms with van der Waals surface area (Å²) in [7, 11) is 0. The number of hydrogen-bond acceptors (Lipinski definition) is 8. The maximum atomic E-state index is 12.0. The van der Waals surface area contributed by atoms with Gasteiger partial charge in [0, 0.05) is 0 Å². The number of aromatic nitrogens is 2. The summed E-state index contributed by atoms with van der Waals surface area (Å²) >= 11 is 1.30. The summed E-state index contributed by atoms with van der Waals surface area (Å²) in [5.74, 6) is -0.261. The number of hydrogen-bond donors (Lipinski definition) is 1. The van der Waals surface area contributed by atoms with Crippen LogP contribution in [0.5, 0.6) is 11.5 Å². The van der Waals surface area contributed by atoms with Crippen LogP contribution in [0, 0.1) is 10.1 Å². The Kier molecular flexibility index (Phi) is 5.23. The Morgan fingerprint density at radius 3 is 2.96 bits per heavy atom. The number of carbonyl (C=O) groups is 1. The van der Waals surface area contributed by atoms with E-state index in [9.17, 15) is 14.9 Å². The molecule has 10 heteroatoms. The Bertz CT molecular complexity index is 959. The van der Waals surface area contributed by atoms with Crippen LogP contribution in [0.2, 0.25) is 0 Å². The molecule has 0 atom stereocenters. The first-order valence-electron chi connectivity index (χ1n) is 7.62. The fraction of sp³-hybridized carbons (Fsp3) is 0.188. The third-order valence-corrected chi connectivity index (χ3v) is 4.13. The zero-order chi connectivity index (χ0) is 18.5. The molecule has 3 aromatic rings. The number of nitrogens with zero attached hydrogens (tertiary/aromatic N) is 3. The van der Waals surface area contributed by atoms with E-state index in [0.717, 1.165) is 16.0 Å². The first kappa shape index (κ1) is 17.5. The van der Waals surface area contributed by atoms with Crippen LogP contribution < -0.4 is 14.8 Å². The second-order valence-electron chi connectivity index (χ2n) is 5.00. The number of rotatable bonds is 7. The molecule has 1 aromatic carbocycles. The largest absolute Gasteiger partial charge is 0.494 e. The molecule has 0 aliphatic rings. The molecule has 0 spiro atoms. The van der Waals surface area contributed by atoms with Crippen molar-refractivity contribution in [2.24, 2.45) is 0 Å². The van der Waals surface area contributed by atoms with E-state index in [-0.39, 0.29) is 5.75 Å². The Balaban J connectivity index is 1.65. The molecule has 0 fully saturated rings. The molecule has 9 nitrogen and oxygen atoms in total. The van der Waals surface area contributed by atoms with Gasteiger partial charge in [-0.15, -0.1) is 0 Å². The van der Waals surface area contributed by atoms with E-state index in [1.54, 1.807) is 0 Å². The van der Waals surface area contributed by atoms with Crippen LogP contribution in [0.15, 0.2) is 36.5 Å². The van der Waals surface area contributed by atoms with Gasteiger partial charge in [0.1, 0.15) is 11.9 Å². The van der Waals surface area contributed by atoms with Crippen molar-refractivity contribution in [3.63, 3.8) is 0 Å². The second-order valence-corrected chi connectivity index (χ2v) is 6.03. The lowest BCUT2D eigenvalue weighted by Crippen LogP contribution is -2.20. The fourth-order valence-corrected chi connectivity index (χ4v) is 3.06. The molecule has 134 valence electrons. The maximum Gasteiger partial charge on any atom is 0.406 e. The predicted molar refractivity (Wildman–Crippen MR) is 95.8 cm³/mol. The summed E-state index contributed by atoms with van der Waals surface area (Å²) < 4.78 is 11.5. The highest BCUT2D eigenvalue weighted by molar-refractivity contribution is 7.22. The van der Waals surface area contributed by atoms with Crippen LogP contribution in [-0.4, -0.2) is 34.0 Å². The van der Waals surface area contributed by atoms with Gasteiger partial charge < -0.3 is 19.6 Å². The lowest BCUT2D eigenvalue weighted by molar-refractivity contribution is -0.390. The topological polar surface area (TPSA) is 116 Å². The summed E-state index contributed by atoms with van der Waals surface area (Å²) in [6.45, 7) is 2.06. The van der Waals surface area contributed by atoms with Crippen LogP contribution in [0.1, 0.15) is 6.92 Å². The summed E-state index contributed by atoms with van der Waals surface area (Å²) in [6.07, 6.45) is 1.28. The van der Waals surface area contributed by atoms with Crippen molar-refractivity contribution in [3.8, 4) is 11.5 Å². The van der Waals surface area contributed by atoms with Crippen LogP contribution >= 0.6 is 11.3 Å². The molecule has 0 saturated carbocycles. The van der Waals surface area contributed by atoms with Gasteiger partial charge in [-0.3, -0.25) is 10.1 Å². The van der Waals surface area contributed by atoms with Crippen LogP contribution in [0.25, 0.3) is 10.2 Å². The van der Waals surface area contributed by atoms with Gasteiger partial charge in [0.15, 0.2) is 11.7 Å². The lowest BCUT2D eigenvalue weighted by Gasteiger charge is -2.05. The number of pyridine rings is 1. The number of benzene rings is 1. The summed E-state index contributed by atoms with van der Waals surface area (Å²) in [6, 6.07) is 8.33. The molecule has 26 heavy (non-hydrogen) atoms. The molecule has 0 aliphatic heterocycles. The molecule has 3 rings (SSSR count). The number of nitrogens with one attached hydrogen (secondary N) is 1. The average Bonchev–Trinajstić information content (AvgIpc) is 3.01. The monoisotopic (exact) mass is 374 g/mol. The van der Waals surface area contributed by atoms with Crippen molar-refractivity contribution in [1.29, 1.82) is 0 Å². The molecule has 2 aromatic heterocycles. The van der Waals surface area contributed by atoms with Gasteiger partial charge in [0.2, 0.25) is 5.75 Å². The Hall–Kier alpha value is -3.27. The van der Waals surface area contributed by atoms with E-state index >= 15 is 0 Å². The predicted octanol–water partition coefficient (Wildman–Crippen LogP) is 3.02. The number of anilines is 1. The minimum Gasteiger partial charge on any atom is -0.494 e. The van der Waals surface area contributed by atoms with Gasteiger partial charge in [-0.1, -0.05) is 11.3 Å². The zero-order valence-electron chi connectivity index (χ0n) is 13.7. The third-order valence-electron chi connectivity index (χ3n) is 3.20. The lowest BCUT2D eigenvalue weighted by atomic mass is 10.3. The third kappa shape index (κ3) is 4.03. The van der Waals surface area contributed by atoms with Crippen molar-refractivity contribution >= 4 is 38.4 Å². The maximum absolute atomic E-state index is 12.0. The molecule has 1 N–H and O–H groups in total. The van der Waals surface area contributed by atoms with Gasteiger partial charge in [-0.05, 0) is 47.2 Å². The van der Waals surface area contributed by atoms with Crippen molar-refractivity contribution < 1.29 is 19.2 Å². The first-order valence-corrected chi connectivity index (χ1v) is 8.44. The quantitative estimate of drug-likeness (QED) is 0.499. The number of carbonyl (C=O) groups excluding carboxylic acids is 1. The molecule has 2 heterocycles. The van der Waals surface area contributed by atoms with Crippen molar-refractivity contribution in [3.05, 3.63) is 46.6 Å². The Labute approximate surface area is 151 Å². The van der Waals surface area contributed by atoms with Crippen LogP contribution in [-0.2, 0) is 4.79 Å². The van der Waals surface area contributed by atoms with Crippen molar-refractivity contribution in [2.45, 2.75) is 6.92 Å². The van der Waals surface area contributed by atoms with E-state index in [0.29, 0.717) is 11.7 Å². The highest BCUT2D eigenvalue weighted by Crippen LogP contribution is 2.29. The van der Waals surface area contributed by atoms with Gasteiger partial charge in [-0.2, -0.15) is 0 Å². The average molecular weight is 374 g/mol. The summed E-state index contributed by atoms with van der Waals surface area (Å²) in [5.41, 5.74) is 0.734. The standard InChI is InChI=1S/C16H14N4O5S/c1-2-24-10-5-6-11-13(8-10)26-16(18-11)19-14(21)9-25-12-4-3-7-17-15(12)20(22)23/h3-8H,2,9H2,1H3,(H,18,19,21). The molecule has 0 bridgehead atoms. The number of fused-ring (bicyclic) bond motifs is 1. The van der Waals surface area contributed by atoms with E-state index in [1.165, 1.54) is 29.7 Å².